The van der Waals surface area contributed by atoms with E-state index in [0.717, 1.165) is 18.4 Å². The number of aryl methyl sites for hydroxylation is 1. The van der Waals surface area contributed by atoms with Gasteiger partial charge in [-0.2, -0.15) is 5.10 Å². The van der Waals surface area contributed by atoms with Gasteiger partial charge in [0.2, 0.25) is 11.3 Å². The van der Waals surface area contributed by atoms with E-state index in [1.54, 1.807) is 10.7 Å². The molecule has 2 fully saturated rings. The first-order valence-corrected chi connectivity index (χ1v) is 9.61. The van der Waals surface area contributed by atoms with Crippen molar-refractivity contribution >= 4 is 29.2 Å². The van der Waals surface area contributed by atoms with Crippen LogP contribution < -0.4 is 16.5 Å². The second-order valence-electron chi connectivity index (χ2n) is 7.77. The number of hydrogen-bond acceptors (Lipinski definition) is 4. The summed E-state index contributed by atoms with van der Waals surface area (Å²) in [6, 6.07) is 7.95. The molecule has 146 valence electrons. The zero-order chi connectivity index (χ0) is 18.1. The van der Waals surface area contributed by atoms with Gasteiger partial charge in [-0.05, 0) is 49.7 Å². The number of fused-ring (bicyclic) bond motifs is 3. The van der Waals surface area contributed by atoms with Crippen LogP contribution in [0.15, 0.2) is 35.3 Å². The molecule has 2 unspecified atom stereocenters. The van der Waals surface area contributed by atoms with Gasteiger partial charge in [0.15, 0.2) is 0 Å². The maximum absolute atomic E-state index is 12.6. The summed E-state index contributed by atoms with van der Waals surface area (Å²) in [4.78, 5) is 24.5. The first-order chi connectivity index (χ1) is 12.6. The number of nitrogens with two attached hydrogens (primary N) is 1. The molecule has 1 amide bonds. The zero-order valence-electron chi connectivity index (χ0n) is 15.3. The molecule has 2 bridgehead atoms. The molecule has 2 aliphatic rings. The number of aromatic nitrogens is 2. The maximum atomic E-state index is 12.6. The minimum Gasteiger partial charge on any atom is -0.353 e. The molecule has 2 atom stereocenters. The number of hydrogen-bond donors (Lipinski definition) is 2. The molecule has 0 spiro atoms. The molecule has 27 heavy (non-hydrogen) atoms. The van der Waals surface area contributed by atoms with Gasteiger partial charge < -0.3 is 11.1 Å². The number of halogens is 1. The molecule has 1 heterocycles. The smallest absolute Gasteiger partial charge is 0.222 e. The molecule has 6 nitrogen and oxygen atoms in total. The van der Waals surface area contributed by atoms with Gasteiger partial charge in [0.05, 0.1) is 18.3 Å². The summed E-state index contributed by atoms with van der Waals surface area (Å²) in [5.74, 6) is 1.10. The van der Waals surface area contributed by atoms with E-state index in [1.807, 2.05) is 18.2 Å². The topological polar surface area (TPSA) is 90.0 Å². The first-order valence-electron chi connectivity index (χ1n) is 9.61. The molecule has 7 heteroatoms. The van der Waals surface area contributed by atoms with E-state index in [0.29, 0.717) is 30.2 Å². The van der Waals surface area contributed by atoms with Crippen LogP contribution in [0, 0.1) is 11.8 Å². The van der Waals surface area contributed by atoms with Crippen molar-refractivity contribution in [1.82, 2.24) is 15.1 Å². The Hall–Kier alpha value is -1.92. The molecule has 2 aliphatic carbocycles. The lowest BCUT2D eigenvalue weighted by Gasteiger charge is -2.45. The Labute approximate surface area is 164 Å². The number of para-hydroxylation sites is 1. The number of carbonyl (C=O) groups is 1. The molecule has 0 aliphatic heterocycles. The SMILES string of the molecule is Cl.NC1CC2CCCC(C1)C2NC(=O)CCn1ncc(=O)c2ccccc21. The van der Waals surface area contributed by atoms with Crippen molar-refractivity contribution in [2.45, 2.75) is 57.2 Å². The Morgan fingerprint density at radius 1 is 1.22 bits per heavy atom. The summed E-state index contributed by atoms with van der Waals surface area (Å²) in [5, 5.41) is 8.11. The third-order valence-corrected chi connectivity index (χ3v) is 6.02. The number of nitrogens with zero attached hydrogens (tertiary/aromatic N) is 2. The second-order valence-corrected chi connectivity index (χ2v) is 7.77. The maximum Gasteiger partial charge on any atom is 0.222 e. The van der Waals surface area contributed by atoms with Gasteiger partial charge in [-0.3, -0.25) is 14.3 Å². The van der Waals surface area contributed by atoms with Crippen LogP contribution in [0.2, 0.25) is 0 Å². The van der Waals surface area contributed by atoms with Gasteiger partial charge in [-0.15, -0.1) is 12.4 Å². The van der Waals surface area contributed by atoms with Crippen LogP contribution in [0.1, 0.15) is 38.5 Å². The number of benzene rings is 1. The Morgan fingerprint density at radius 2 is 1.93 bits per heavy atom. The molecule has 0 saturated heterocycles. The highest BCUT2D eigenvalue weighted by molar-refractivity contribution is 5.85. The third-order valence-electron chi connectivity index (χ3n) is 6.02. The molecule has 1 aromatic carbocycles. The van der Waals surface area contributed by atoms with Gasteiger partial charge in [0.25, 0.3) is 0 Å². The summed E-state index contributed by atoms with van der Waals surface area (Å²) in [6.45, 7) is 0.466. The number of nitrogens with one attached hydrogen (secondary N) is 1. The van der Waals surface area contributed by atoms with Crippen molar-refractivity contribution in [3.05, 3.63) is 40.7 Å². The minimum absolute atomic E-state index is 0. The monoisotopic (exact) mass is 390 g/mol. The Kier molecular flexibility index (Phi) is 6.17. The molecule has 4 rings (SSSR count). The molecule has 0 radical (unpaired) electrons. The summed E-state index contributed by atoms with van der Waals surface area (Å²) in [6.07, 6.45) is 7.32. The van der Waals surface area contributed by atoms with E-state index >= 15 is 0 Å². The third kappa shape index (κ3) is 4.17. The fourth-order valence-corrected chi connectivity index (χ4v) is 4.83. The van der Waals surface area contributed by atoms with E-state index < -0.39 is 0 Å². The van der Waals surface area contributed by atoms with Gasteiger partial charge in [0, 0.05) is 23.9 Å². The van der Waals surface area contributed by atoms with Crippen LogP contribution in [0.5, 0.6) is 0 Å². The molecule has 2 aromatic rings. The van der Waals surface area contributed by atoms with Crippen molar-refractivity contribution < 1.29 is 4.79 Å². The van der Waals surface area contributed by atoms with E-state index in [1.165, 1.54) is 25.5 Å². The van der Waals surface area contributed by atoms with Crippen LogP contribution in [-0.2, 0) is 11.3 Å². The standard InChI is InChI=1S/C20H26N4O2.ClH/c21-15-10-13-4-3-5-14(11-15)20(13)23-19(26)8-9-24-17-7-2-1-6-16(17)18(25)12-22-24;/h1-2,6-7,12-15,20H,3-5,8-11,21H2,(H,23,26);1H. The van der Waals surface area contributed by atoms with Crippen molar-refractivity contribution in [1.29, 1.82) is 0 Å². The van der Waals surface area contributed by atoms with Crippen molar-refractivity contribution in [2.75, 3.05) is 0 Å². The van der Waals surface area contributed by atoms with Crippen LogP contribution in [0.4, 0.5) is 0 Å². The highest BCUT2D eigenvalue weighted by atomic mass is 35.5. The Morgan fingerprint density at radius 3 is 2.67 bits per heavy atom. The Balaban J connectivity index is 0.00000210. The number of amides is 1. The summed E-state index contributed by atoms with van der Waals surface area (Å²) < 4.78 is 1.74. The number of carbonyl (C=O) groups excluding carboxylic acids is 1. The first kappa shape index (κ1) is 19.8. The van der Waals surface area contributed by atoms with Gasteiger partial charge >= 0.3 is 0 Å². The second kappa shape index (κ2) is 8.40. The summed E-state index contributed by atoms with van der Waals surface area (Å²) in [5.41, 5.74) is 6.85. The van der Waals surface area contributed by atoms with Crippen molar-refractivity contribution in [2.24, 2.45) is 17.6 Å². The summed E-state index contributed by atoms with van der Waals surface area (Å²) >= 11 is 0. The molecular weight excluding hydrogens is 364 g/mol. The van der Waals surface area contributed by atoms with Crippen LogP contribution in [0.25, 0.3) is 10.9 Å². The normalized spacial score (nSPS) is 27.0. The molecule has 1 aromatic heterocycles. The van der Waals surface area contributed by atoms with E-state index in [9.17, 15) is 9.59 Å². The zero-order valence-corrected chi connectivity index (χ0v) is 16.2. The molecule has 3 N–H and O–H groups in total. The Bertz CT molecular complexity index is 854. The predicted octanol–water partition coefficient (Wildman–Crippen LogP) is 2.23. The van der Waals surface area contributed by atoms with Gasteiger partial charge in [0.1, 0.15) is 0 Å². The van der Waals surface area contributed by atoms with Crippen LogP contribution >= 0.6 is 12.4 Å². The lowest BCUT2D eigenvalue weighted by Crippen LogP contribution is -2.53. The largest absolute Gasteiger partial charge is 0.353 e. The van der Waals surface area contributed by atoms with Crippen molar-refractivity contribution in [3.63, 3.8) is 0 Å². The van der Waals surface area contributed by atoms with Gasteiger partial charge in [-0.1, -0.05) is 18.6 Å². The van der Waals surface area contributed by atoms with E-state index in [2.05, 4.69) is 10.4 Å². The highest BCUT2D eigenvalue weighted by Gasteiger charge is 2.39. The van der Waals surface area contributed by atoms with Crippen molar-refractivity contribution in [3.8, 4) is 0 Å². The average molecular weight is 391 g/mol. The van der Waals surface area contributed by atoms with E-state index in [-0.39, 0.29) is 35.8 Å². The fourth-order valence-electron chi connectivity index (χ4n) is 4.83. The molecular formula is C20H27ClN4O2. The predicted molar refractivity (Wildman–Crippen MR) is 108 cm³/mol. The lowest BCUT2D eigenvalue weighted by molar-refractivity contribution is -0.123. The van der Waals surface area contributed by atoms with Gasteiger partial charge in [-0.25, -0.2) is 0 Å². The van der Waals surface area contributed by atoms with Crippen LogP contribution in [-0.4, -0.2) is 27.8 Å². The quantitative estimate of drug-likeness (QED) is 0.837. The highest BCUT2D eigenvalue weighted by Crippen LogP contribution is 2.39. The summed E-state index contributed by atoms with van der Waals surface area (Å²) in [7, 11) is 0. The minimum atomic E-state index is -0.0901. The lowest BCUT2D eigenvalue weighted by atomic mass is 9.67. The van der Waals surface area contributed by atoms with Crippen LogP contribution in [0.3, 0.4) is 0 Å². The number of rotatable bonds is 4. The average Bonchev–Trinajstić information content (AvgIpc) is 2.62. The molecule has 2 saturated carbocycles. The van der Waals surface area contributed by atoms with E-state index in [4.69, 9.17) is 5.73 Å². The fraction of sp³-hybridized carbons (Fsp3) is 0.550.